The fourth-order valence-electron chi connectivity index (χ4n) is 4.10. The lowest BCUT2D eigenvalue weighted by Gasteiger charge is -2.29. The maximum Gasteiger partial charge on any atom is 0.266 e. The van der Waals surface area contributed by atoms with E-state index in [4.69, 9.17) is 0 Å². The number of nitrogens with zero attached hydrogens (tertiary/aromatic N) is 2. The van der Waals surface area contributed by atoms with Crippen molar-refractivity contribution in [1.29, 1.82) is 0 Å². The zero-order chi connectivity index (χ0) is 17.4. The Morgan fingerprint density at radius 3 is 2.92 bits per heavy atom. The van der Waals surface area contributed by atoms with Crippen molar-refractivity contribution in [2.45, 2.75) is 44.6 Å². The number of aryl methyl sites for hydroxylation is 3. The molecule has 130 valence electrons. The summed E-state index contributed by atoms with van der Waals surface area (Å²) < 4.78 is 1.37. The molecule has 0 aliphatic heterocycles. The van der Waals surface area contributed by atoms with E-state index in [1.807, 2.05) is 6.07 Å². The summed E-state index contributed by atoms with van der Waals surface area (Å²) in [6.07, 6.45) is 5.34. The van der Waals surface area contributed by atoms with Gasteiger partial charge in [0.1, 0.15) is 0 Å². The molecule has 5 nitrogen and oxygen atoms in total. The van der Waals surface area contributed by atoms with Crippen LogP contribution in [0.25, 0.3) is 0 Å². The molecule has 0 bridgehead atoms. The van der Waals surface area contributed by atoms with Crippen molar-refractivity contribution in [3.05, 3.63) is 63.1 Å². The number of benzene rings is 1. The number of aromatic nitrogens is 2. The summed E-state index contributed by atoms with van der Waals surface area (Å²) in [5.74, 6) is 0.0310. The molecule has 1 aromatic carbocycles. The average molecular weight is 337 g/mol. The average Bonchev–Trinajstić information content (AvgIpc) is 2.62. The Bertz CT molecular complexity index is 871. The number of hydrogen-bond acceptors (Lipinski definition) is 3. The van der Waals surface area contributed by atoms with Crippen molar-refractivity contribution in [2.75, 3.05) is 0 Å². The van der Waals surface area contributed by atoms with Crippen LogP contribution in [0.2, 0.25) is 0 Å². The molecule has 0 saturated heterocycles. The van der Waals surface area contributed by atoms with Gasteiger partial charge in [-0.3, -0.25) is 9.59 Å². The highest BCUT2D eigenvalue weighted by Gasteiger charge is 2.29. The van der Waals surface area contributed by atoms with E-state index < -0.39 is 0 Å². The number of carbonyl (C=O) groups excluding carboxylic acids is 1. The van der Waals surface area contributed by atoms with Crippen LogP contribution >= 0.6 is 0 Å². The van der Waals surface area contributed by atoms with Gasteiger partial charge in [0.25, 0.3) is 5.56 Å². The minimum absolute atomic E-state index is 0.0736. The predicted octanol–water partition coefficient (Wildman–Crippen LogP) is 2.08. The molecular weight excluding hydrogens is 314 g/mol. The molecule has 1 amide bonds. The molecule has 2 unspecified atom stereocenters. The third-order valence-electron chi connectivity index (χ3n) is 5.51. The van der Waals surface area contributed by atoms with Crippen molar-refractivity contribution in [1.82, 2.24) is 15.1 Å². The van der Waals surface area contributed by atoms with E-state index in [2.05, 4.69) is 28.6 Å². The minimum Gasteiger partial charge on any atom is -0.349 e. The lowest BCUT2D eigenvalue weighted by Crippen LogP contribution is -2.38. The van der Waals surface area contributed by atoms with Gasteiger partial charge >= 0.3 is 0 Å². The molecular formula is C20H23N3O2. The van der Waals surface area contributed by atoms with Gasteiger partial charge in [-0.25, -0.2) is 4.68 Å². The monoisotopic (exact) mass is 337 g/mol. The summed E-state index contributed by atoms with van der Waals surface area (Å²) in [6, 6.07) is 10.1. The van der Waals surface area contributed by atoms with Gasteiger partial charge in [-0.15, -0.1) is 0 Å². The summed E-state index contributed by atoms with van der Waals surface area (Å²) >= 11 is 0. The lowest BCUT2D eigenvalue weighted by molar-refractivity contribution is -0.126. The zero-order valence-corrected chi connectivity index (χ0v) is 14.5. The number of rotatable bonds is 2. The van der Waals surface area contributed by atoms with Gasteiger partial charge in [0.2, 0.25) is 5.91 Å². The number of fused-ring (bicyclic) bond motifs is 2. The summed E-state index contributed by atoms with van der Waals surface area (Å²) in [5.41, 5.74) is 4.38. The molecule has 25 heavy (non-hydrogen) atoms. The first-order valence-corrected chi connectivity index (χ1v) is 9.06. The van der Waals surface area contributed by atoms with Crippen molar-refractivity contribution >= 4 is 5.91 Å². The van der Waals surface area contributed by atoms with Gasteiger partial charge in [0.15, 0.2) is 0 Å². The molecule has 1 aromatic heterocycles. The lowest BCUT2D eigenvalue weighted by atomic mass is 9.84. The fourth-order valence-corrected chi connectivity index (χ4v) is 4.10. The van der Waals surface area contributed by atoms with Crippen LogP contribution in [0, 0.1) is 5.92 Å². The van der Waals surface area contributed by atoms with Crippen molar-refractivity contribution < 1.29 is 4.79 Å². The summed E-state index contributed by atoms with van der Waals surface area (Å²) in [4.78, 5) is 24.6. The molecule has 1 N–H and O–H groups in total. The summed E-state index contributed by atoms with van der Waals surface area (Å²) in [5, 5.41) is 7.58. The highest BCUT2D eigenvalue weighted by atomic mass is 16.2. The number of carbonyl (C=O) groups is 1. The third kappa shape index (κ3) is 3.11. The summed E-state index contributed by atoms with van der Waals surface area (Å²) in [7, 11) is 1.67. The highest BCUT2D eigenvalue weighted by molar-refractivity contribution is 5.80. The topological polar surface area (TPSA) is 64.0 Å². The Hall–Kier alpha value is -2.43. The smallest absolute Gasteiger partial charge is 0.266 e. The van der Waals surface area contributed by atoms with Gasteiger partial charge < -0.3 is 5.32 Å². The van der Waals surface area contributed by atoms with Gasteiger partial charge in [-0.2, -0.15) is 5.10 Å². The largest absolute Gasteiger partial charge is 0.349 e. The molecule has 2 atom stereocenters. The van der Waals surface area contributed by atoms with Crippen LogP contribution in [-0.2, 0) is 31.1 Å². The zero-order valence-electron chi connectivity index (χ0n) is 14.5. The van der Waals surface area contributed by atoms with E-state index in [0.29, 0.717) is 6.42 Å². The second-order valence-corrected chi connectivity index (χ2v) is 7.17. The predicted molar refractivity (Wildman–Crippen MR) is 95.3 cm³/mol. The van der Waals surface area contributed by atoms with Crippen LogP contribution in [0.4, 0.5) is 0 Å². The Morgan fingerprint density at radius 1 is 1.20 bits per heavy atom. The molecule has 4 rings (SSSR count). The maximum absolute atomic E-state index is 12.8. The molecule has 2 aliphatic rings. The highest BCUT2D eigenvalue weighted by Crippen LogP contribution is 2.30. The Morgan fingerprint density at radius 2 is 2.04 bits per heavy atom. The molecule has 0 fully saturated rings. The SMILES string of the molecule is Cn1nc2c(cc1=O)CC(C(=O)NC1CCCc3ccccc31)CC2. The van der Waals surface area contributed by atoms with Crippen molar-refractivity contribution in [2.24, 2.45) is 13.0 Å². The van der Waals surface area contributed by atoms with Crippen LogP contribution in [0.1, 0.15) is 47.7 Å². The van der Waals surface area contributed by atoms with Crippen LogP contribution in [-0.4, -0.2) is 15.7 Å². The van der Waals surface area contributed by atoms with Crippen LogP contribution in [0.5, 0.6) is 0 Å². The number of amides is 1. The quantitative estimate of drug-likeness (QED) is 0.912. The van der Waals surface area contributed by atoms with Gasteiger partial charge in [0.05, 0.1) is 11.7 Å². The van der Waals surface area contributed by atoms with E-state index in [0.717, 1.165) is 43.4 Å². The molecule has 5 heteroatoms. The molecule has 0 saturated carbocycles. The molecule has 0 spiro atoms. The Balaban J connectivity index is 1.49. The first kappa shape index (κ1) is 16.1. The van der Waals surface area contributed by atoms with Crippen molar-refractivity contribution in [3.63, 3.8) is 0 Å². The van der Waals surface area contributed by atoms with E-state index in [1.54, 1.807) is 13.1 Å². The van der Waals surface area contributed by atoms with E-state index in [1.165, 1.54) is 15.8 Å². The second kappa shape index (κ2) is 6.47. The van der Waals surface area contributed by atoms with Crippen LogP contribution in [0.15, 0.2) is 35.1 Å². The first-order chi connectivity index (χ1) is 12.1. The Labute approximate surface area is 147 Å². The standard InChI is InChI=1S/C20H23N3O2/c1-23-19(24)12-15-11-14(9-10-17(15)22-23)20(25)21-18-8-4-6-13-5-2-3-7-16(13)18/h2-3,5,7,12,14,18H,4,6,8-11H2,1H3,(H,21,25). The number of nitrogens with one attached hydrogen (secondary N) is 1. The van der Waals surface area contributed by atoms with Gasteiger partial charge in [-0.1, -0.05) is 24.3 Å². The van der Waals surface area contributed by atoms with Crippen LogP contribution in [0.3, 0.4) is 0 Å². The normalized spacial score (nSPS) is 22.0. The Kier molecular flexibility index (Phi) is 4.15. The minimum atomic E-state index is -0.110. The molecule has 2 aromatic rings. The maximum atomic E-state index is 12.8. The fraction of sp³-hybridized carbons (Fsp3) is 0.450. The molecule has 2 aliphatic carbocycles. The van der Waals surface area contributed by atoms with E-state index in [9.17, 15) is 9.59 Å². The van der Waals surface area contributed by atoms with E-state index >= 15 is 0 Å². The number of hydrogen-bond donors (Lipinski definition) is 1. The third-order valence-corrected chi connectivity index (χ3v) is 5.51. The summed E-state index contributed by atoms with van der Waals surface area (Å²) in [6.45, 7) is 0. The molecule has 1 heterocycles. The van der Waals surface area contributed by atoms with Gasteiger partial charge in [0, 0.05) is 19.0 Å². The van der Waals surface area contributed by atoms with Crippen molar-refractivity contribution in [3.8, 4) is 0 Å². The molecule has 0 radical (unpaired) electrons. The second-order valence-electron chi connectivity index (χ2n) is 7.17. The van der Waals surface area contributed by atoms with E-state index in [-0.39, 0.29) is 23.4 Å². The first-order valence-electron chi connectivity index (χ1n) is 9.06. The van der Waals surface area contributed by atoms with Gasteiger partial charge in [-0.05, 0) is 55.2 Å². The van der Waals surface area contributed by atoms with Crippen LogP contribution < -0.4 is 10.9 Å².